The molecule has 44 heavy (non-hydrogen) atoms. The van der Waals surface area contributed by atoms with Crippen LogP contribution in [0.4, 0.5) is 0 Å². The molecule has 0 aliphatic heterocycles. The van der Waals surface area contributed by atoms with E-state index in [1.165, 1.54) is 19.4 Å². The fraction of sp³-hybridized carbons (Fsp3) is 0.771. The Morgan fingerprint density at radius 3 is 2.25 bits per heavy atom. The predicted molar refractivity (Wildman–Crippen MR) is 162 cm³/mol. The van der Waals surface area contributed by atoms with E-state index >= 15 is 0 Å². The van der Waals surface area contributed by atoms with Crippen LogP contribution in [0.1, 0.15) is 128 Å². The number of aliphatic hydroxyl groups is 2. The molecule has 5 rings (SSSR count). The van der Waals surface area contributed by atoms with Crippen molar-refractivity contribution in [3.63, 3.8) is 0 Å². The van der Waals surface area contributed by atoms with Crippen molar-refractivity contribution >= 4 is 18.2 Å². The summed E-state index contributed by atoms with van der Waals surface area (Å²) in [7, 11) is 1.40. The van der Waals surface area contributed by atoms with Crippen LogP contribution in [0.2, 0.25) is 0 Å². The number of unbranched alkanes of at least 4 members (excludes halogenated alkanes) is 5. The molecule has 244 valence electrons. The second-order valence-corrected chi connectivity index (χ2v) is 14.4. The van der Waals surface area contributed by atoms with Crippen LogP contribution in [-0.4, -0.2) is 52.9 Å². The van der Waals surface area contributed by atoms with Gasteiger partial charge in [0.2, 0.25) is 0 Å². The van der Waals surface area contributed by atoms with E-state index in [-0.39, 0.29) is 36.1 Å². The monoisotopic (exact) mass is 614 g/mol. The highest BCUT2D eigenvalue weighted by Gasteiger charge is 2.71. The Kier molecular flexibility index (Phi) is 9.76. The number of methoxy groups -OCH3 is 1. The highest BCUT2D eigenvalue weighted by atomic mass is 16.5. The number of ether oxygens (including phenoxy) is 2. The molecule has 0 spiro atoms. The van der Waals surface area contributed by atoms with Gasteiger partial charge in [-0.05, 0) is 93.6 Å². The second kappa shape index (κ2) is 13.1. The molecule has 2 N–H and O–H groups in total. The van der Waals surface area contributed by atoms with Gasteiger partial charge in [-0.1, -0.05) is 32.6 Å². The molecule has 1 aromatic heterocycles. The lowest BCUT2D eigenvalue weighted by atomic mass is 9.41. The van der Waals surface area contributed by atoms with Crippen molar-refractivity contribution in [3.05, 3.63) is 34.4 Å². The van der Waals surface area contributed by atoms with E-state index in [0.717, 1.165) is 63.2 Å². The molecule has 4 fully saturated rings. The van der Waals surface area contributed by atoms with Gasteiger partial charge in [0.1, 0.15) is 12.4 Å². The van der Waals surface area contributed by atoms with Gasteiger partial charge in [0.15, 0.2) is 0 Å². The third-order valence-electron chi connectivity index (χ3n) is 12.4. The Bertz CT molecular complexity index is 1240. The summed E-state index contributed by atoms with van der Waals surface area (Å²) in [5, 5.41) is 24.5. The van der Waals surface area contributed by atoms with E-state index in [2.05, 4.69) is 11.7 Å². The Morgan fingerprint density at radius 2 is 1.59 bits per heavy atom. The summed E-state index contributed by atoms with van der Waals surface area (Å²) in [5.41, 5.74) is -3.12. The summed E-state index contributed by atoms with van der Waals surface area (Å²) < 4.78 is 15.7. The summed E-state index contributed by atoms with van der Waals surface area (Å²) in [6, 6.07) is 3.25. The largest absolute Gasteiger partial charge is 0.469 e. The smallest absolute Gasteiger partial charge is 0.335 e. The minimum Gasteiger partial charge on any atom is -0.469 e. The highest BCUT2D eigenvalue weighted by molar-refractivity contribution is 5.70. The van der Waals surface area contributed by atoms with Gasteiger partial charge in [0.25, 0.3) is 0 Å². The van der Waals surface area contributed by atoms with E-state index < -0.39 is 33.8 Å². The number of carbonyl (C=O) groups excluding carboxylic acids is 3. The van der Waals surface area contributed by atoms with Crippen molar-refractivity contribution in [3.8, 4) is 0 Å². The lowest BCUT2D eigenvalue weighted by Gasteiger charge is -2.65. The van der Waals surface area contributed by atoms with Crippen molar-refractivity contribution in [2.75, 3.05) is 7.11 Å². The molecule has 0 aromatic carbocycles. The summed E-state index contributed by atoms with van der Waals surface area (Å²) in [6.45, 7) is 2.14. The number of esters is 2. The molecular weight excluding hydrogens is 564 g/mol. The molecule has 8 atom stereocenters. The van der Waals surface area contributed by atoms with Crippen molar-refractivity contribution in [1.82, 2.24) is 0 Å². The van der Waals surface area contributed by atoms with Gasteiger partial charge in [-0.3, -0.25) is 9.59 Å². The van der Waals surface area contributed by atoms with Crippen LogP contribution >= 0.6 is 0 Å². The number of fused-ring (bicyclic) bond motifs is 5. The molecule has 0 radical (unpaired) electrons. The first-order valence-electron chi connectivity index (χ1n) is 16.8. The van der Waals surface area contributed by atoms with Crippen molar-refractivity contribution in [2.45, 2.75) is 139 Å². The Morgan fingerprint density at radius 1 is 0.909 bits per heavy atom. The van der Waals surface area contributed by atoms with Crippen LogP contribution in [0.3, 0.4) is 0 Å². The van der Waals surface area contributed by atoms with Gasteiger partial charge in [-0.25, -0.2) is 4.79 Å². The summed E-state index contributed by atoms with van der Waals surface area (Å²) in [4.78, 5) is 48.4. The van der Waals surface area contributed by atoms with Crippen LogP contribution in [0, 0.1) is 22.7 Å². The normalized spacial score (nSPS) is 37.7. The lowest BCUT2D eigenvalue weighted by Crippen LogP contribution is -2.68. The van der Waals surface area contributed by atoms with Gasteiger partial charge in [-0.15, -0.1) is 0 Å². The van der Waals surface area contributed by atoms with E-state index in [0.29, 0.717) is 51.4 Å². The first kappa shape index (κ1) is 32.9. The Balaban J connectivity index is 1.16. The second-order valence-electron chi connectivity index (χ2n) is 14.4. The maximum atomic E-state index is 13.0. The number of rotatable bonds is 12. The molecule has 4 aliphatic rings. The molecule has 0 amide bonds. The van der Waals surface area contributed by atoms with Gasteiger partial charge in [0, 0.05) is 30.7 Å². The van der Waals surface area contributed by atoms with Gasteiger partial charge < -0.3 is 28.9 Å². The van der Waals surface area contributed by atoms with Gasteiger partial charge in [-0.2, -0.15) is 0 Å². The zero-order valence-corrected chi connectivity index (χ0v) is 26.4. The average molecular weight is 615 g/mol. The maximum absolute atomic E-state index is 13.0. The molecule has 8 unspecified atom stereocenters. The molecule has 1 aromatic rings. The van der Waals surface area contributed by atoms with Crippen molar-refractivity contribution in [2.24, 2.45) is 22.7 Å². The Hall–Kier alpha value is -2.52. The third-order valence-corrected chi connectivity index (χ3v) is 12.4. The maximum Gasteiger partial charge on any atom is 0.335 e. The van der Waals surface area contributed by atoms with Crippen molar-refractivity contribution in [1.29, 1.82) is 0 Å². The molecule has 0 bridgehead atoms. The first-order chi connectivity index (χ1) is 21.0. The average Bonchev–Trinajstić information content (AvgIpc) is 3.29. The van der Waals surface area contributed by atoms with Crippen LogP contribution in [0.25, 0.3) is 0 Å². The molecular formula is C35H50O9. The Labute approximate surface area is 260 Å². The molecule has 1 heterocycles. The molecule has 4 aliphatic carbocycles. The zero-order valence-electron chi connectivity index (χ0n) is 26.4. The summed E-state index contributed by atoms with van der Waals surface area (Å²) in [5.74, 6) is -0.650. The van der Waals surface area contributed by atoms with Crippen LogP contribution < -0.4 is 5.63 Å². The van der Waals surface area contributed by atoms with Crippen molar-refractivity contribution < 1.29 is 38.5 Å². The standard InChI is InChI=1S/C35H50O9/c1-32-17-14-27-28(35(32,41)20-16-26(32)24-11-12-30(38)43-22-24)15-19-34(40)21-25(13-18-33(27,34)23-36)44-31(39)10-8-6-4-3-5-7-9-29(37)42-2/h11-12,22-23,25-28,40-41H,3-10,13-21H2,1-2H3. The van der Waals surface area contributed by atoms with E-state index in [1.54, 1.807) is 0 Å². The van der Waals surface area contributed by atoms with Crippen LogP contribution in [0.5, 0.6) is 0 Å². The number of aldehydes is 1. The molecule has 0 saturated heterocycles. The van der Waals surface area contributed by atoms with Crippen LogP contribution in [0.15, 0.2) is 27.6 Å². The lowest BCUT2D eigenvalue weighted by molar-refractivity contribution is -0.248. The molecule has 4 saturated carbocycles. The van der Waals surface area contributed by atoms with Crippen LogP contribution in [-0.2, 0) is 23.9 Å². The molecule has 9 nitrogen and oxygen atoms in total. The number of carbonyl (C=O) groups is 3. The predicted octanol–water partition coefficient (Wildman–Crippen LogP) is 5.38. The van der Waals surface area contributed by atoms with E-state index in [4.69, 9.17) is 9.15 Å². The topological polar surface area (TPSA) is 140 Å². The summed E-state index contributed by atoms with van der Waals surface area (Å²) in [6.07, 6.45) is 13.3. The van der Waals surface area contributed by atoms with E-state index in [1.807, 2.05) is 6.07 Å². The summed E-state index contributed by atoms with van der Waals surface area (Å²) >= 11 is 0. The first-order valence-corrected chi connectivity index (χ1v) is 16.8. The number of hydrogen-bond acceptors (Lipinski definition) is 9. The fourth-order valence-electron chi connectivity index (χ4n) is 9.93. The van der Waals surface area contributed by atoms with Gasteiger partial charge >= 0.3 is 17.6 Å². The molecule has 9 heteroatoms. The third kappa shape index (κ3) is 5.79. The SMILES string of the molecule is COC(=O)CCCCCCCCC(=O)OC1CCC2(C=O)C3CCC4(C)C(c5ccc(=O)oc5)CCC4(O)C3CCC2(O)C1. The minimum atomic E-state index is -1.27. The number of hydrogen-bond donors (Lipinski definition) is 2. The quantitative estimate of drug-likeness (QED) is 0.180. The zero-order chi connectivity index (χ0) is 31.6. The van der Waals surface area contributed by atoms with Gasteiger partial charge in [0.05, 0.1) is 30.0 Å². The fourth-order valence-corrected chi connectivity index (χ4v) is 9.93. The highest BCUT2D eigenvalue weighted by Crippen LogP contribution is 2.71. The van der Waals surface area contributed by atoms with E-state index in [9.17, 15) is 29.4 Å². The minimum absolute atomic E-state index is 0.0486.